The number of ether oxygens (including phenoxy) is 1. The molecule has 0 unspecified atom stereocenters. The highest BCUT2D eigenvalue weighted by Gasteiger charge is 2.09. The monoisotopic (exact) mass is 335 g/mol. The highest BCUT2D eigenvalue weighted by atomic mass is 32.1. The number of amides is 1. The van der Waals surface area contributed by atoms with Crippen LogP contribution in [-0.4, -0.2) is 42.5 Å². The molecule has 2 rings (SSSR count). The van der Waals surface area contributed by atoms with Crippen molar-refractivity contribution < 1.29 is 9.53 Å². The number of benzene rings is 1. The summed E-state index contributed by atoms with van der Waals surface area (Å²) in [5, 5.41) is 3.54. The van der Waals surface area contributed by atoms with Crippen molar-refractivity contribution in [1.29, 1.82) is 0 Å². The van der Waals surface area contributed by atoms with Gasteiger partial charge < -0.3 is 15.0 Å². The quantitative estimate of drug-likeness (QED) is 0.758. The molecule has 0 aliphatic heterocycles. The van der Waals surface area contributed by atoms with E-state index in [2.05, 4.69) is 29.2 Å². The van der Waals surface area contributed by atoms with Gasteiger partial charge in [-0.3, -0.25) is 4.79 Å². The number of nitrogens with zero attached hydrogens (tertiary/aromatic N) is 2. The van der Waals surface area contributed by atoms with Crippen LogP contribution in [0.5, 0.6) is 5.75 Å². The number of aromatic nitrogens is 1. The molecule has 0 radical (unpaired) electrons. The summed E-state index contributed by atoms with van der Waals surface area (Å²) in [6, 6.07) is 5.79. The Bertz CT molecular complexity index is 642. The normalized spacial score (nSPS) is 11.1. The molecule has 1 heterocycles. The molecule has 1 aromatic carbocycles. The van der Waals surface area contributed by atoms with Gasteiger partial charge in [0.05, 0.1) is 16.8 Å². The Morgan fingerprint density at radius 1 is 1.35 bits per heavy atom. The first-order chi connectivity index (χ1) is 11.1. The van der Waals surface area contributed by atoms with E-state index in [1.165, 1.54) is 17.8 Å². The van der Waals surface area contributed by atoms with Gasteiger partial charge in [-0.25, -0.2) is 4.98 Å². The topological polar surface area (TPSA) is 54.5 Å². The van der Waals surface area contributed by atoms with Crippen molar-refractivity contribution in [2.45, 2.75) is 33.1 Å². The van der Waals surface area contributed by atoms with E-state index < -0.39 is 0 Å². The Labute approximate surface area is 141 Å². The molecule has 2 aromatic rings. The van der Waals surface area contributed by atoms with E-state index in [1.807, 2.05) is 25.1 Å². The van der Waals surface area contributed by atoms with Crippen molar-refractivity contribution in [3.8, 4) is 5.75 Å². The van der Waals surface area contributed by atoms with Gasteiger partial charge in [0.25, 0.3) is 0 Å². The number of carbonyl (C=O) groups excluding carboxylic acids is 1. The maximum atomic E-state index is 12.0. The third-order valence-electron chi connectivity index (χ3n) is 3.53. The maximum Gasteiger partial charge on any atom is 0.227 e. The van der Waals surface area contributed by atoms with Gasteiger partial charge in [0.15, 0.2) is 5.13 Å². The first-order valence-corrected chi connectivity index (χ1v) is 8.95. The van der Waals surface area contributed by atoms with Crippen molar-refractivity contribution in [3.63, 3.8) is 0 Å². The first-order valence-electron chi connectivity index (χ1n) is 8.14. The predicted octanol–water partition coefficient (Wildman–Crippen LogP) is 3.76. The van der Waals surface area contributed by atoms with Crippen LogP contribution in [0.1, 0.15) is 33.1 Å². The fourth-order valence-electron chi connectivity index (χ4n) is 2.23. The summed E-state index contributed by atoms with van der Waals surface area (Å²) < 4.78 is 6.51. The van der Waals surface area contributed by atoms with Crippen LogP contribution in [0.4, 0.5) is 5.13 Å². The van der Waals surface area contributed by atoms with Crippen LogP contribution in [0.15, 0.2) is 18.2 Å². The minimum absolute atomic E-state index is 0.0115. The van der Waals surface area contributed by atoms with Crippen molar-refractivity contribution in [3.05, 3.63) is 18.2 Å². The molecular weight excluding hydrogens is 310 g/mol. The second-order valence-corrected chi connectivity index (χ2v) is 6.57. The van der Waals surface area contributed by atoms with Gasteiger partial charge in [-0.05, 0) is 45.1 Å². The molecule has 6 heteroatoms. The van der Waals surface area contributed by atoms with Crippen LogP contribution in [0.3, 0.4) is 0 Å². The molecule has 0 spiro atoms. The zero-order chi connectivity index (χ0) is 16.7. The van der Waals surface area contributed by atoms with Gasteiger partial charge in [0.1, 0.15) is 5.75 Å². The van der Waals surface area contributed by atoms with Crippen LogP contribution < -0.4 is 10.1 Å². The Hall–Kier alpha value is -1.66. The summed E-state index contributed by atoms with van der Waals surface area (Å²) in [6.07, 6.45) is 2.82. The highest BCUT2D eigenvalue weighted by Crippen LogP contribution is 2.29. The predicted molar refractivity (Wildman–Crippen MR) is 96.4 cm³/mol. The second-order valence-electron chi connectivity index (χ2n) is 5.54. The van der Waals surface area contributed by atoms with Gasteiger partial charge in [-0.2, -0.15) is 0 Å². The first kappa shape index (κ1) is 17.7. The number of carbonyl (C=O) groups is 1. The van der Waals surface area contributed by atoms with E-state index in [0.29, 0.717) is 18.2 Å². The number of rotatable bonds is 9. The van der Waals surface area contributed by atoms with Gasteiger partial charge in [0, 0.05) is 13.0 Å². The number of fused-ring (bicyclic) bond motifs is 1. The molecule has 0 aliphatic rings. The van der Waals surface area contributed by atoms with Crippen molar-refractivity contribution in [2.24, 2.45) is 0 Å². The van der Waals surface area contributed by atoms with Gasteiger partial charge >= 0.3 is 0 Å². The summed E-state index contributed by atoms with van der Waals surface area (Å²) in [5.41, 5.74) is 0.883. The van der Waals surface area contributed by atoms with E-state index in [0.717, 1.165) is 35.5 Å². The zero-order valence-electron chi connectivity index (χ0n) is 14.1. The zero-order valence-corrected chi connectivity index (χ0v) is 14.9. The standard InChI is InChI=1S/C17H25N3O2S/c1-4-6-10-20(3)11-9-16(21)19-17-18-14-8-7-13(22-5-2)12-15(14)23-17/h7-8,12H,4-6,9-11H2,1-3H3,(H,18,19,21). The molecule has 1 aromatic heterocycles. The van der Waals surface area contributed by atoms with E-state index >= 15 is 0 Å². The van der Waals surface area contributed by atoms with Gasteiger partial charge in [-0.15, -0.1) is 0 Å². The molecule has 0 bridgehead atoms. The maximum absolute atomic E-state index is 12.0. The molecule has 0 saturated carbocycles. The number of anilines is 1. The lowest BCUT2D eigenvalue weighted by atomic mass is 10.3. The van der Waals surface area contributed by atoms with E-state index in [1.54, 1.807) is 0 Å². The number of hydrogen-bond acceptors (Lipinski definition) is 5. The second kappa shape index (κ2) is 8.84. The largest absolute Gasteiger partial charge is 0.494 e. The molecule has 126 valence electrons. The number of nitrogens with one attached hydrogen (secondary N) is 1. The van der Waals surface area contributed by atoms with Crippen LogP contribution in [-0.2, 0) is 4.79 Å². The molecular formula is C17H25N3O2S. The SMILES string of the molecule is CCCCN(C)CCC(=O)Nc1nc2ccc(OCC)cc2s1. The highest BCUT2D eigenvalue weighted by molar-refractivity contribution is 7.22. The van der Waals surface area contributed by atoms with Gasteiger partial charge in [-0.1, -0.05) is 24.7 Å². The Kier molecular flexibility index (Phi) is 6.80. The van der Waals surface area contributed by atoms with Crippen LogP contribution in [0.2, 0.25) is 0 Å². The van der Waals surface area contributed by atoms with Crippen LogP contribution in [0, 0.1) is 0 Å². The third kappa shape index (κ3) is 5.48. The summed E-state index contributed by atoms with van der Waals surface area (Å²) in [6.45, 7) is 6.57. The third-order valence-corrected chi connectivity index (χ3v) is 4.46. The van der Waals surface area contributed by atoms with Gasteiger partial charge in [0.2, 0.25) is 5.91 Å². The summed E-state index contributed by atoms with van der Waals surface area (Å²) in [7, 11) is 2.05. The average molecular weight is 335 g/mol. The summed E-state index contributed by atoms with van der Waals surface area (Å²) in [5.74, 6) is 0.844. The summed E-state index contributed by atoms with van der Waals surface area (Å²) in [4.78, 5) is 18.7. The summed E-state index contributed by atoms with van der Waals surface area (Å²) >= 11 is 1.48. The molecule has 0 atom stereocenters. The number of unbranched alkanes of at least 4 members (excludes halogenated alkanes) is 1. The Morgan fingerprint density at radius 3 is 2.91 bits per heavy atom. The van der Waals surface area contributed by atoms with E-state index in [9.17, 15) is 4.79 Å². The molecule has 0 aliphatic carbocycles. The van der Waals surface area contributed by atoms with Crippen molar-refractivity contribution >= 4 is 32.6 Å². The molecule has 23 heavy (non-hydrogen) atoms. The number of thiazole rings is 1. The smallest absolute Gasteiger partial charge is 0.227 e. The molecule has 1 amide bonds. The number of hydrogen-bond donors (Lipinski definition) is 1. The molecule has 5 nitrogen and oxygen atoms in total. The lowest BCUT2D eigenvalue weighted by Crippen LogP contribution is -2.25. The van der Waals surface area contributed by atoms with Crippen LogP contribution >= 0.6 is 11.3 Å². The minimum Gasteiger partial charge on any atom is -0.494 e. The Balaban J connectivity index is 1.89. The van der Waals surface area contributed by atoms with E-state index in [-0.39, 0.29) is 5.91 Å². The van der Waals surface area contributed by atoms with Crippen LogP contribution in [0.25, 0.3) is 10.2 Å². The lowest BCUT2D eigenvalue weighted by molar-refractivity contribution is -0.116. The molecule has 1 N–H and O–H groups in total. The fraction of sp³-hybridized carbons (Fsp3) is 0.529. The van der Waals surface area contributed by atoms with Crippen molar-refractivity contribution in [1.82, 2.24) is 9.88 Å². The molecule has 0 saturated heterocycles. The fourth-order valence-corrected chi connectivity index (χ4v) is 3.14. The van der Waals surface area contributed by atoms with E-state index in [4.69, 9.17) is 4.74 Å². The lowest BCUT2D eigenvalue weighted by Gasteiger charge is -2.15. The molecule has 0 fully saturated rings. The Morgan fingerprint density at radius 2 is 2.17 bits per heavy atom. The average Bonchev–Trinajstić information content (AvgIpc) is 2.92. The van der Waals surface area contributed by atoms with Crippen molar-refractivity contribution in [2.75, 3.05) is 32.1 Å². The minimum atomic E-state index is 0.0115.